The Kier molecular flexibility index (Phi) is 3.83. The van der Waals surface area contributed by atoms with Gasteiger partial charge >= 0.3 is 0 Å². The van der Waals surface area contributed by atoms with E-state index in [2.05, 4.69) is 5.32 Å². The minimum Gasteiger partial charge on any atom is -0.394 e. The van der Waals surface area contributed by atoms with Gasteiger partial charge in [-0.15, -0.1) is 11.6 Å². The Balaban J connectivity index is 3.94. The van der Waals surface area contributed by atoms with E-state index in [4.69, 9.17) is 16.7 Å². The quantitative estimate of drug-likeness (QED) is 0.620. The first-order valence-electron chi connectivity index (χ1n) is 3.46. The molecule has 0 heterocycles. The second kappa shape index (κ2) is 3.93. The van der Waals surface area contributed by atoms with E-state index >= 15 is 0 Å². The molecule has 0 aliphatic heterocycles. The van der Waals surface area contributed by atoms with Gasteiger partial charge in [-0.25, -0.2) is 0 Å². The Morgan fingerprint density at radius 1 is 1.73 bits per heavy atom. The number of alkyl halides is 1. The van der Waals surface area contributed by atoms with Crippen LogP contribution in [-0.4, -0.2) is 28.5 Å². The smallest absolute Gasteiger partial charge is 0.238 e. The summed E-state index contributed by atoms with van der Waals surface area (Å²) in [6.45, 7) is 4.95. The average molecular weight is 180 g/mol. The highest BCUT2D eigenvalue weighted by atomic mass is 35.5. The Hall–Kier alpha value is -0.280. The van der Waals surface area contributed by atoms with Crippen LogP contribution in [0.5, 0.6) is 0 Å². The van der Waals surface area contributed by atoms with Gasteiger partial charge in [0.05, 0.1) is 12.1 Å². The van der Waals surface area contributed by atoms with Gasteiger partial charge in [-0.2, -0.15) is 0 Å². The van der Waals surface area contributed by atoms with Crippen LogP contribution in [0.25, 0.3) is 0 Å². The predicted molar refractivity (Wildman–Crippen MR) is 44.6 cm³/mol. The summed E-state index contributed by atoms with van der Waals surface area (Å²) in [5, 5.41) is 10.8. The van der Waals surface area contributed by atoms with Crippen molar-refractivity contribution in [2.45, 2.75) is 31.7 Å². The zero-order valence-corrected chi connectivity index (χ0v) is 7.77. The van der Waals surface area contributed by atoms with Crippen LogP contribution in [0.15, 0.2) is 0 Å². The van der Waals surface area contributed by atoms with E-state index in [-0.39, 0.29) is 12.5 Å². The van der Waals surface area contributed by atoms with Gasteiger partial charge in [0.25, 0.3) is 0 Å². The first kappa shape index (κ1) is 10.7. The molecule has 3 nitrogen and oxygen atoms in total. The van der Waals surface area contributed by atoms with Gasteiger partial charge in [0.2, 0.25) is 5.91 Å². The summed E-state index contributed by atoms with van der Waals surface area (Å²) in [5.74, 6) is -0.259. The van der Waals surface area contributed by atoms with Crippen molar-refractivity contribution in [3.05, 3.63) is 0 Å². The molecule has 0 radical (unpaired) electrons. The van der Waals surface area contributed by atoms with Gasteiger partial charge in [0.15, 0.2) is 0 Å². The van der Waals surface area contributed by atoms with Crippen LogP contribution in [0.2, 0.25) is 0 Å². The number of aliphatic hydroxyl groups is 1. The van der Waals surface area contributed by atoms with Gasteiger partial charge < -0.3 is 10.4 Å². The SMILES string of the molecule is C[C@@H](Cl)C(=O)NC(C)(C)CO. The van der Waals surface area contributed by atoms with Gasteiger partial charge in [-0.1, -0.05) is 0 Å². The average Bonchev–Trinajstić information content (AvgIpc) is 1.87. The van der Waals surface area contributed by atoms with Gasteiger partial charge in [0.1, 0.15) is 5.38 Å². The first-order chi connectivity index (χ1) is 4.89. The molecule has 1 amide bonds. The molecule has 0 aliphatic rings. The molecular formula is C7H14ClNO2. The molecule has 0 aromatic carbocycles. The molecular weight excluding hydrogens is 166 g/mol. The summed E-state index contributed by atoms with van der Waals surface area (Å²) >= 11 is 5.50. The number of halogens is 1. The minimum absolute atomic E-state index is 0.0949. The first-order valence-corrected chi connectivity index (χ1v) is 3.89. The van der Waals surface area contributed by atoms with Crippen LogP contribution in [-0.2, 0) is 4.79 Å². The molecule has 0 fully saturated rings. The van der Waals surface area contributed by atoms with Crippen molar-refractivity contribution in [1.29, 1.82) is 0 Å². The number of amides is 1. The Morgan fingerprint density at radius 3 is 2.45 bits per heavy atom. The lowest BCUT2D eigenvalue weighted by Gasteiger charge is -2.23. The standard InChI is InChI=1S/C7H14ClNO2/c1-5(8)6(11)9-7(2,3)4-10/h5,10H,4H2,1-3H3,(H,9,11)/t5-/m1/s1. The molecule has 0 saturated heterocycles. The van der Waals surface area contributed by atoms with Crippen LogP contribution in [0.4, 0.5) is 0 Å². The minimum atomic E-state index is -0.583. The number of carbonyl (C=O) groups excluding carboxylic acids is 1. The number of nitrogens with one attached hydrogen (secondary N) is 1. The second-order valence-corrected chi connectivity index (χ2v) is 3.80. The number of hydrogen-bond acceptors (Lipinski definition) is 2. The lowest BCUT2D eigenvalue weighted by atomic mass is 10.1. The third-order valence-corrected chi connectivity index (χ3v) is 1.42. The molecule has 0 aromatic heterocycles. The highest BCUT2D eigenvalue weighted by molar-refractivity contribution is 6.30. The highest BCUT2D eigenvalue weighted by Crippen LogP contribution is 2.02. The van der Waals surface area contributed by atoms with Gasteiger partial charge in [-0.05, 0) is 20.8 Å². The number of carbonyl (C=O) groups is 1. The summed E-state index contributed by atoms with van der Waals surface area (Å²) in [6.07, 6.45) is 0. The van der Waals surface area contributed by atoms with Crippen molar-refractivity contribution >= 4 is 17.5 Å². The van der Waals surface area contributed by atoms with Crippen LogP contribution < -0.4 is 5.32 Å². The van der Waals surface area contributed by atoms with E-state index in [1.807, 2.05) is 0 Å². The number of rotatable bonds is 3. The zero-order valence-electron chi connectivity index (χ0n) is 7.02. The molecule has 66 valence electrons. The van der Waals surface area contributed by atoms with E-state index in [0.717, 1.165) is 0 Å². The maximum Gasteiger partial charge on any atom is 0.238 e. The lowest BCUT2D eigenvalue weighted by Crippen LogP contribution is -2.48. The van der Waals surface area contributed by atoms with E-state index in [0.29, 0.717) is 0 Å². The molecule has 0 aromatic rings. The van der Waals surface area contributed by atoms with Crippen LogP contribution >= 0.6 is 11.6 Å². The van der Waals surface area contributed by atoms with Crippen LogP contribution in [0.1, 0.15) is 20.8 Å². The van der Waals surface area contributed by atoms with Gasteiger partial charge in [0, 0.05) is 0 Å². The number of aliphatic hydroxyl groups excluding tert-OH is 1. The summed E-state index contributed by atoms with van der Waals surface area (Å²) < 4.78 is 0. The molecule has 0 rings (SSSR count). The number of hydrogen-bond donors (Lipinski definition) is 2. The molecule has 4 heteroatoms. The third-order valence-electron chi connectivity index (χ3n) is 1.22. The largest absolute Gasteiger partial charge is 0.394 e. The molecule has 0 bridgehead atoms. The predicted octanol–water partition coefficient (Wildman–Crippen LogP) is 0.501. The van der Waals surface area contributed by atoms with Crippen molar-refractivity contribution in [3.63, 3.8) is 0 Å². The molecule has 0 spiro atoms. The fourth-order valence-corrected chi connectivity index (χ4v) is 0.527. The van der Waals surface area contributed by atoms with Crippen LogP contribution in [0.3, 0.4) is 0 Å². The van der Waals surface area contributed by atoms with Crippen molar-refractivity contribution in [3.8, 4) is 0 Å². The Morgan fingerprint density at radius 2 is 2.18 bits per heavy atom. The maximum absolute atomic E-state index is 11.0. The maximum atomic E-state index is 11.0. The third kappa shape index (κ3) is 4.22. The molecule has 2 N–H and O–H groups in total. The lowest BCUT2D eigenvalue weighted by molar-refractivity contribution is -0.122. The van der Waals surface area contributed by atoms with Crippen molar-refractivity contribution in [2.24, 2.45) is 0 Å². The topological polar surface area (TPSA) is 49.3 Å². The monoisotopic (exact) mass is 179 g/mol. The van der Waals surface area contributed by atoms with Crippen LogP contribution in [0, 0.1) is 0 Å². The molecule has 0 saturated carbocycles. The summed E-state index contributed by atoms with van der Waals surface area (Å²) in [6, 6.07) is 0. The van der Waals surface area contributed by atoms with Crippen molar-refractivity contribution in [2.75, 3.05) is 6.61 Å². The fraction of sp³-hybridized carbons (Fsp3) is 0.857. The fourth-order valence-electron chi connectivity index (χ4n) is 0.472. The normalized spacial score (nSPS) is 14.3. The van der Waals surface area contributed by atoms with Crippen molar-refractivity contribution < 1.29 is 9.90 Å². The molecule has 0 unspecified atom stereocenters. The molecule has 11 heavy (non-hydrogen) atoms. The van der Waals surface area contributed by atoms with E-state index in [1.165, 1.54) is 0 Å². The molecule has 1 atom stereocenters. The zero-order chi connectivity index (χ0) is 9.07. The van der Waals surface area contributed by atoms with Crippen molar-refractivity contribution in [1.82, 2.24) is 5.32 Å². The highest BCUT2D eigenvalue weighted by Gasteiger charge is 2.21. The van der Waals surface area contributed by atoms with Gasteiger partial charge in [-0.3, -0.25) is 4.79 Å². The summed E-state index contributed by atoms with van der Waals surface area (Å²) in [5.41, 5.74) is -0.583. The Labute approximate surface area is 71.7 Å². The molecule has 0 aliphatic carbocycles. The summed E-state index contributed by atoms with van der Waals surface area (Å²) in [7, 11) is 0. The van der Waals surface area contributed by atoms with E-state index in [1.54, 1.807) is 20.8 Å². The Bertz CT molecular complexity index is 145. The second-order valence-electron chi connectivity index (χ2n) is 3.15. The summed E-state index contributed by atoms with van der Waals surface area (Å²) in [4.78, 5) is 11.0. The van der Waals surface area contributed by atoms with E-state index in [9.17, 15) is 4.79 Å². The van der Waals surface area contributed by atoms with E-state index < -0.39 is 10.9 Å².